The molecule has 0 spiro atoms. The first-order chi connectivity index (χ1) is 13.5. The highest BCUT2D eigenvalue weighted by atomic mass is 16.5. The molecule has 1 saturated heterocycles. The van der Waals surface area contributed by atoms with Crippen LogP contribution in [0.4, 0.5) is 0 Å². The van der Waals surface area contributed by atoms with E-state index in [1.165, 1.54) is 12.4 Å². The fourth-order valence-corrected chi connectivity index (χ4v) is 3.23. The van der Waals surface area contributed by atoms with Crippen LogP contribution in [0.2, 0.25) is 0 Å². The van der Waals surface area contributed by atoms with Crippen molar-refractivity contribution in [3.05, 3.63) is 65.5 Å². The molecule has 1 aliphatic rings. The summed E-state index contributed by atoms with van der Waals surface area (Å²) in [6.45, 7) is 5.69. The van der Waals surface area contributed by atoms with E-state index in [4.69, 9.17) is 4.74 Å². The number of hydrogen-bond acceptors (Lipinski definition) is 4. The van der Waals surface area contributed by atoms with Crippen LogP contribution in [-0.2, 0) is 11.3 Å². The zero-order valence-electron chi connectivity index (χ0n) is 16.4. The lowest BCUT2D eigenvalue weighted by Gasteiger charge is -2.27. The van der Waals surface area contributed by atoms with Crippen LogP contribution < -0.4 is 5.32 Å². The van der Waals surface area contributed by atoms with Gasteiger partial charge in [-0.15, -0.1) is 0 Å². The fraction of sp³-hybridized carbons (Fsp3) is 0.409. The van der Waals surface area contributed by atoms with Gasteiger partial charge >= 0.3 is 0 Å². The molecule has 0 radical (unpaired) electrons. The van der Waals surface area contributed by atoms with Crippen LogP contribution in [-0.4, -0.2) is 47.0 Å². The third-order valence-corrected chi connectivity index (χ3v) is 4.84. The van der Waals surface area contributed by atoms with E-state index >= 15 is 0 Å². The Morgan fingerprint density at radius 3 is 2.64 bits per heavy atom. The Bertz CT molecular complexity index is 802. The zero-order valence-corrected chi connectivity index (χ0v) is 16.4. The molecule has 0 bridgehead atoms. The molecule has 1 atom stereocenters. The Hall–Kier alpha value is -2.73. The number of pyridine rings is 1. The van der Waals surface area contributed by atoms with Gasteiger partial charge in [0.05, 0.1) is 17.2 Å². The van der Waals surface area contributed by atoms with Crippen molar-refractivity contribution in [2.75, 3.05) is 13.2 Å². The van der Waals surface area contributed by atoms with Gasteiger partial charge in [-0.25, -0.2) is 0 Å². The smallest absolute Gasteiger partial charge is 0.255 e. The lowest BCUT2D eigenvalue weighted by molar-refractivity contribution is 0.0690. The van der Waals surface area contributed by atoms with E-state index in [9.17, 15) is 9.59 Å². The number of hydrogen-bond donors (Lipinski definition) is 1. The van der Waals surface area contributed by atoms with Crippen molar-refractivity contribution in [2.24, 2.45) is 0 Å². The van der Waals surface area contributed by atoms with E-state index in [1.807, 2.05) is 44.2 Å². The molecular formula is C22H27N3O3. The van der Waals surface area contributed by atoms with E-state index < -0.39 is 0 Å². The minimum Gasteiger partial charge on any atom is -0.376 e. The molecule has 1 fully saturated rings. The van der Waals surface area contributed by atoms with Crippen LogP contribution in [0.3, 0.4) is 0 Å². The Kier molecular flexibility index (Phi) is 6.76. The van der Waals surface area contributed by atoms with Gasteiger partial charge in [0, 0.05) is 38.1 Å². The van der Waals surface area contributed by atoms with Gasteiger partial charge < -0.3 is 15.0 Å². The molecule has 1 aromatic heterocycles. The molecule has 1 aliphatic heterocycles. The number of amides is 2. The maximum absolute atomic E-state index is 13.1. The first-order valence-electron chi connectivity index (χ1n) is 9.74. The van der Waals surface area contributed by atoms with Crippen molar-refractivity contribution in [1.29, 1.82) is 0 Å². The van der Waals surface area contributed by atoms with Gasteiger partial charge in [0.1, 0.15) is 0 Å². The maximum atomic E-state index is 13.1. The van der Waals surface area contributed by atoms with Gasteiger partial charge in [0.15, 0.2) is 0 Å². The van der Waals surface area contributed by atoms with Gasteiger partial charge in [-0.3, -0.25) is 14.6 Å². The summed E-state index contributed by atoms with van der Waals surface area (Å²) in [7, 11) is 0. The lowest BCUT2D eigenvalue weighted by atomic mass is 10.1. The molecule has 3 rings (SSSR count). The normalized spacial score (nSPS) is 16.2. The number of benzene rings is 1. The Morgan fingerprint density at radius 1 is 1.21 bits per heavy atom. The zero-order chi connectivity index (χ0) is 19.9. The van der Waals surface area contributed by atoms with E-state index in [0.29, 0.717) is 24.2 Å². The molecule has 1 unspecified atom stereocenters. The van der Waals surface area contributed by atoms with Crippen molar-refractivity contribution in [1.82, 2.24) is 15.2 Å². The predicted molar refractivity (Wildman–Crippen MR) is 107 cm³/mol. The van der Waals surface area contributed by atoms with E-state index in [-0.39, 0.29) is 24.0 Å². The number of nitrogens with one attached hydrogen (secondary N) is 1. The predicted octanol–water partition coefficient (Wildman–Crippen LogP) is 3.04. The standard InChI is InChI=1S/C22H27N3O3/c1-16(2)25(15-17-7-4-3-5-8-17)22(27)19-11-18(12-23-13-19)21(26)24-14-20-9-6-10-28-20/h3-5,7-8,11-13,16,20H,6,9-10,14-15H2,1-2H3,(H,24,26). The Labute approximate surface area is 165 Å². The van der Waals surface area contributed by atoms with Crippen molar-refractivity contribution < 1.29 is 14.3 Å². The average Bonchev–Trinajstić information content (AvgIpc) is 3.24. The molecule has 2 heterocycles. The van der Waals surface area contributed by atoms with Crippen LogP contribution in [0.25, 0.3) is 0 Å². The van der Waals surface area contributed by atoms with Crippen LogP contribution >= 0.6 is 0 Å². The van der Waals surface area contributed by atoms with Crippen molar-refractivity contribution >= 4 is 11.8 Å². The Morgan fingerprint density at radius 2 is 1.96 bits per heavy atom. The summed E-state index contributed by atoms with van der Waals surface area (Å²) in [5.74, 6) is -0.378. The molecule has 1 N–H and O–H groups in total. The summed E-state index contributed by atoms with van der Waals surface area (Å²) >= 11 is 0. The van der Waals surface area contributed by atoms with Gasteiger partial charge in [-0.05, 0) is 38.3 Å². The third-order valence-electron chi connectivity index (χ3n) is 4.84. The van der Waals surface area contributed by atoms with Crippen molar-refractivity contribution in [3.8, 4) is 0 Å². The molecule has 0 aliphatic carbocycles. The van der Waals surface area contributed by atoms with Gasteiger partial charge in [0.25, 0.3) is 11.8 Å². The van der Waals surface area contributed by atoms with Crippen molar-refractivity contribution in [3.63, 3.8) is 0 Å². The van der Waals surface area contributed by atoms with E-state index in [1.54, 1.807) is 11.0 Å². The van der Waals surface area contributed by atoms with Crippen LogP contribution in [0.15, 0.2) is 48.8 Å². The summed E-state index contributed by atoms with van der Waals surface area (Å²) in [6, 6.07) is 11.5. The van der Waals surface area contributed by atoms with Crippen LogP contribution in [0.5, 0.6) is 0 Å². The summed E-state index contributed by atoms with van der Waals surface area (Å²) in [5.41, 5.74) is 1.85. The second-order valence-electron chi connectivity index (χ2n) is 7.32. The van der Waals surface area contributed by atoms with Crippen LogP contribution in [0.1, 0.15) is 53.0 Å². The summed E-state index contributed by atoms with van der Waals surface area (Å²) in [6.07, 6.45) is 5.06. The molecule has 2 aromatic rings. The van der Waals surface area contributed by atoms with Gasteiger partial charge in [-0.1, -0.05) is 30.3 Å². The van der Waals surface area contributed by atoms with Crippen molar-refractivity contribution in [2.45, 2.75) is 45.4 Å². The third kappa shape index (κ3) is 5.16. The second-order valence-corrected chi connectivity index (χ2v) is 7.32. The number of nitrogens with zero attached hydrogens (tertiary/aromatic N) is 2. The molecule has 6 heteroatoms. The monoisotopic (exact) mass is 381 g/mol. The highest BCUT2D eigenvalue weighted by Crippen LogP contribution is 2.15. The molecule has 28 heavy (non-hydrogen) atoms. The first kappa shape index (κ1) is 20.0. The number of rotatable bonds is 7. The largest absolute Gasteiger partial charge is 0.376 e. The molecule has 1 aromatic carbocycles. The number of aromatic nitrogens is 1. The molecule has 2 amide bonds. The van der Waals surface area contributed by atoms with Gasteiger partial charge in [0.2, 0.25) is 0 Å². The van der Waals surface area contributed by atoms with Gasteiger partial charge in [-0.2, -0.15) is 0 Å². The summed E-state index contributed by atoms with van der Waals surface area (Å²) < 4.78 is 5.52. The topological polar surface area (TPSA) is 71.5 Å². The minimum absolute atomic E-state index is 0.0182. The summed E-state index contributed by atoms with van der Waals surface area (Å²) in [4.78, 5) is 31.4. The molecular weight excluding hydrogens is 354 g/mol. The number of ether oxygens (including phenoxy) is 1. The SMILES string of the molecule is CC(C)N(Cc1ccccc1)C(=O)c1cncc(C(=O)NCC2CCCO2)c1. The quantitative estimate of drug-likeness (QED) is 0.800. The highest BCUT2D eigenvalue weighted by Gasteiger charge is 2.21. The fourth-order valence-electron chi connectivity index (χ4n) is 3.23. The Balaban J connectivity index is 1.69. The molecule has 0 saturated carbocycles. The van der Waals surface area contributed by atoms with Crippen LogP contribution in [0, 0.1) is 0 Å². The second kappa shape index (κ2) is 9.46. The minimum atomic E-state index is -0.239. The van der Waals surface area contributed by atoms with E-state index in [2.05, 4.69) is 10.3 Å². The molecule has 148 valence electrons. The number of carbonyl (C=O) groups excluding carboxylic acids is 2. The lowest BCUT2D eigenvalue weighted by Crippen LogP contribution is -2.37. The highest BCUT2D eigenvalue weighted by molar-refractivity contribution is 5.99. The number of carbonyl (C=O) groups is 2. The van der Waals surface area contributed by atoms with E-state index in [0.717, 1.165) is 25.0 Å². The first-order valence-corrected chi connectivity index (χ1v) is 9.74. The maximum Gasteiger partial charge on any atom is 0.255 e. The average molecular weight is 381 g/mol. The molecule has 6 nitrogen and oxygen atoms in total. The summed E-state index contributed by atoms with van der Waals surface area (Å²) in [5, 5.41) is 2.87.